The van der Waals surface area contributed by atoms with Crippen LogP contribution in [0.2, 0.25) is 0 Å². The molecule has 2 aliphatic rings. The van der Waals surface area contributed by atoms with E-state index in [4.69, 9.17) is 14.6 Å². The summed E-state index contributed by atoms with van der Waals surface area (Å²) in [7, 11) is 1.67. The van der Waals surface area contributed by atoms with E-state index in [0.717, 1.165) is 40.1 Å². The fourth-order valence-corrected chi connectivity index (χ4v) is 4.76. The molecule has 0 saturated heterocycles. The number of hydrogen-bond donors (Lipinski definition) is 0. The number of rotatable bonds is 4. The van der Waals surface area contributed by atoms with Gasteiger partial charge in [-0.3, -0.25) is 0 Å². The molecule has 3 aromatic carbocycles. The molecular weight excluding hydrogens is 440 g/mol. The van der Waals surface area contributed by atoms with Crippen LogP contribution >= 0.6 is 15.9 Å². The second-order valence-electron chi connectivity index (χ2n) is 7.60. The Balaban J connectivity index is 1.56. The minimum Gasteiger partial charge on any atom is -0.496 e. The van der Waals surface area contributed by atoms with E-state index in [1.807, 2.05) is 24.3 Å². The van der Waals surface area contributed by atoms with Crippen molar-refractivity contribution < 1.29 is 9.47 Å². The summed E-state index contributed by atoms with van der Waals surface area (Å²) in [5, 5.41) is 7.15. The van der Waals surface area contributed by atoms with Gasteiger partial charge in [0.2, 0.25) is 6.23 Å². The predicted molar refractivity (Wildman–Crippen MR) is 122 cm³/mol. The molecule has 2 aliphatic heterocycles. The van der Waals surface area contributed by atoms with E-state index in [0.29, 0.717) is 0 Å². The van der Waals surface area contributed by atoms with Crippen molar-refractivity contribution in [3.63, 3.8) is 0 Å². The molecule has 0 aliphatic carbocycles. The van der Waals surface area contributed by atoms with Crippen LogP contribution in [0.1, 0.15) is 47.9 Å². The number of para-hydroxylation sites is 1. The number of fused-ring (bicyclic) bond motifs is 3. The van der Waals surface area contributed by atoms with E-state index in [-0.39, 0.29) is 12.3 Å². The van der Waals surface area contributed by atoms with Gasteiger partial charge in [-0.2, -0.15) is 5.10 Å². The van der Waals surface area contributed by atoms with E-state index in [9.17, 15) is 0 Å². The Morgan fingerprint density at radius 3 is 2.63 bits per heavy atom. The van der Waals surface area contributed by atoms with Crippen LogP contribution in [0.25, 0.3) is 0 Å². The van der Waals surface area contributed by atoms with Crippen molar-refractivity contribution >= 4 is 21.6 Å². The third kappa shape index (κ3) is 3.27. The van der Waals surface area contributed by atoms with Crippen LogP contribution in [0.5, 0.6) is 11.5 Å². The normalized spacial score (nSPS) is 19.6. The molecule has 4 nitrogen and oxygen atoms in total. The third-order valence-electron chi connectivity index (χ3n) is 5.86. The summed E-state index contributed by atoms with van der Waals surface area (Å²) >= 11 is 3.61. The SMILES string of the molecule is CCc1ccc(C2=NN3[C@@H](c4ccc(OC)c(Br)c4)Oc4ccccc4[C@@H]3C2)cc1. The predicted octanol–water partition coefficient (Wildman–Crippen LogP) is 6.26. The first-order chi connectivity index (χ1) is 14.7. The molecule has 0 radical (unpaired) electrons. The average Bonchev–Trinajstić information content (AvgIpc) is 3.24. The van der Waals surface area contributed by atoms with Crippen molar-refractivity contribution in [3.8, 4) is 11.5 Å². The van der Waals surface area contributed by atoms with E-state index in [1.165, 1.54) is 16.7 Å². The summed E-state index contributed by atoms with van der Waals surface area (Å²) in [6.07, 6.45) is 1.61. The molecule has 0 fully saturated rings. The number of methoxy groups -OCH3 is 1. The van der Waals surface area contributed by atoms with Gasteiger partial charge in [-0.05, 0) is 57.7 Å². The van der Waals surface area contributed by atoms with E-state index >= 15 is 0 Å². The van der Waals surface area contributed by atoms with Crippen LogP contribution in [0, 0.1) is 0 Å². The Morgan fingerprint density at radius 2 is 1.90 bits per heavy atom. The summed E-state index contributed by atoms with van der Waals surface area (Å²) in [6.45, 7) is 2.17. The van der Waals surface area contributed by atoms with Gasteiger partial charge >= 0.3 is 0 Å². The molecule has 3 aromatic rings. The van der Waals surface area contributed by atoms with Gasteiger partial charge in [-0.15, -0.1) is 0 Å². The van der Waals surface area contributed by atoms with Gasteiger partial charge < -0.3 is 9.47 Å². The van der Waals surface area contributed by atoms with Gasteiger partial charge in [0.1, 0.15) is 11.5 Å². The van der Waals surface area contributed by atoms with Gasteiger partial charge in [-0.1, -0.05) is 49.4 Å². The fraction of sp³-hybridized carbons (Fsp3) is 0.240. The molecule has 0 amide bonds. The number of ether oxygens (including phenoxy) is 2. The van der Waals surface area contributed by atoms with Crippen LogP contribution in [-0.2, 0) is 6.42 Å². The van der Waals surface area contributed by atoms with Crippen molar-refractivity contribution in [1.82, 2.24) is 5.01 Å². The molecule has 2 heterocycles. The molecule has 0 spiro atoms. The molecule has 5 rings (SSSR count). The van der Waals surface area contributed by atoms with Crippen LogP contribution in [-0.4, -0.2) is 17.8 Å². The van der Waals surface area contributed by atoms with E-state index in [2.05, 4.69) is 70.3 Å². The first-order valence-corrected chi connectivity index (χ1v) is 11.0. The van der Waals surface area contributed by atoms with Crippen molar-refractivity contribution in [2.75, 3.05) is 7.11 Å². The smallest absolute Gasteiger partial charge is 0.213 e. The number of hydrazone groups is 1. The molecule has 0 unspecified atom stereocenters. The maximum absolute atomic E-state index is 6.44. The van der Waals surface area contributed by atoms with Gasteiger partial charge in [0.25, 0.3) is 0 Å². The van der Waals surface area contributed by atoms with Crippen LogP contribution in [0.15, 0.2) is 76.3 Å². The quantitative estimate of drug-likeness (QED) is 0.458. The highest BCUT2D eigenvalue weighted by atomic mass is 79.9. The van der Waals surface area contributed by atoms with Crippen LogP contribution in [0.3, 0.4) is 0 Å². The number of hydrogen-bond acceptors (Lipinski definition) is 4. The second-order valence-corrected chi connectivity index (χ2v) is 8.45. The average molecular weight is 463 g/mol. The minimum absolute atomic E-state index is 0.154. The Bertz CT molecular complexity index is 1110. The van der Waals surface area contributed by atoms with Crippen molar-refractivity contribution in [1.29, 1.82) is 0 Å². The number of aryl methyl sites for hydroxylation is 1. The maximum Gasteiger partial charge on any atom is 0.213 e. The highest BCUT2D eigenvalue weighted by molar-refractivity contribution is 9.10. The topological polar surface area (TPSA) is 34.1 Å². The van der Waals surface area contributed by atoms with Crippen molar-refractivity contribution in [2.45, 2.75) is 32.0 Å². The number of nitrogens with zero attached hydrogens (tertiary/aromatic N) is 2. The van der Waals surface area contributed by atoms with Gasteiger partial charge in [0, 0.05) is 17.5 Å². The zero-order chi connectivity index (χ0) is 20.7. The standard InChI is InChI=1S/C25H23BrN2O2/c1-3-16-8-10-17(11-9-16)21-15-22-19-6-4-5-7-23(19)30-25(28(22)27-21)18-12-13-24(29-2)20(26)14-18/h4-14,22,25H,3,15H2,1-2H3/t22-,25+/m0/s1. The van der Waals surface area contributed by atoms with Gasteiger partial charge in [0.05, 0.1) is 23.3 Å². The first kappa shape index (κ1) is 19.2. The van der Waals surface area contributed by atoms with Crippen molar-refractivity contribution in [2.24, 2.45) is 5.10 Å². The van der Waals surface area contributed by atoms with Crippen molar-refractivity contribution in [3.05, 3.63) is 93.5 Å². The molecule has 0 saturated carbocycles. The highest BCUT2D eigenvalue weighted by Gasteiger charge is 2.40. The molecule has 2 atom stereocenters. The largest absolute Gasteiger partial charge is 0.496 e. The summed E-state index contributed by atoms with van der Waals surface area (Å²) in [5.74, 6) is 1.72. The lowest BCUT2D eigenvalue weighted by Crippen LogP contribution is -2.33. The second kappa shape index (κ2) is 7.80. The Kier molecular flexibility index (Phi) is 4.99. The molecule has 0 N–H and O–H groups in total. The third-order valence-corrected chi connectivity index (χ3v) is 6.48. The summed E-state index contributed by atoms with van der Waals surface area (Å²) in [5.41, 5.74) is 5.83. The van der Waals surface area contributed by atoms with Gasteiger partial charge in [-0.25, -0.2) is 5.01 Å². The molecule has 30 heavy (non-hydrogen) atoms. The van der Waals surface area contributed by atoms with E-state index in [1.54, 1.807) is 7.11 Å². The Labute approximate surface area is 185 Å². The summed E-state index contributed by atoms with van der Waals surface area (Å²) < 4.78 is 12.7. The molecule has 0 bridgehead atoms. The highest BCUT2D eigenvalue weighted by Crippen LogP contribution is 2.48. The zero-order valence-corrected chi connectivity index (χ0v) is 18.6. The fourth-order valence-electron chi connectivity index (χ4n) is 4.20. The molecule has 152 valence electrons. The lowest BCUT2D eigenvalue weighted by atomic mass is 9.95. The minimum atomic E-state index is -0.292. The molecular formula is C25H23BrN2O2. The lowest BCUT2D eigenvalue weighted by molar-refractivity contribution is -0.0190. The van der Waals surface area contributed by atoms with Crippen LogP contribution in [0.4, 0.5) is 0 Å². The summed E-state index contributed by atoms with van der Waals surface area (Å²) in [4.78, 5) is 0. The first-order valence-electron chi connectivity index (χ1n) is 10.2. The van der Waals surface area contributed by atoms with E-state index < -0.39 is 0 Å². The monoisotopic (exact) mass is 462 g/mol. The Hall–Kier alpha value is -2.79. The Morgan fingerprint density at radius 1 is 1.10 bits per heavy atom. The van der Waals surface area contributed by atoms with Crippen LogP contribution < -0.4 is 9.47 Å². The molecule has 0 aromatic heterocycles. The summed E-state index contributed by atoms with van der Waals surface area (Å²) in [6, 6.07) is 23.2. The zero-order valence-electron chi connectivity index (χ0n) is 17.0. The lowest BCUT2D eigenvalue weighted by Gasteiger charge is -2.38. The van der Waals surface area contributed by atoms with Gasteiger partial charge in [0.15, 0.2) is 0 Å². The number of benzene rings is 3. The number of halogens is 1. The molecule has 5 heteroatoms. The maximum atomic E-state index is 6.44.